The molecule has 0 spiro atoms. The maximum Gasteiger partial charge on any atom is 0.198 e. The molecule has 204 valence electrons. The van der Waals surface area contributed by atoms with E-state index in [1.54, 1.807) is 25.1 Å². The molecule has 0 saturated carbocycles. The van der Waals surface area contributed by atoms with Crippen molar-refractivity contribution in [2.75, 3.05) is 26.4 Å². The fraction of sp³-hybridized carbons (Fsp3) is 0.308. The maximum absolute atomic E-state index is 13.8. The molecule has 3 aromatic carbocycles. The average Bonchev–Trinajstić information content (AvgIpc) is 2.87. The maximum atomic E-state index is 13.8. The van der Waals surface area contributed by atoms with Crippen molar-refractivity contribution >= 4 is 31.9 Å². The average molecular weight is 654 g/mol. The van der Waals surface area contributed by atoms with Gasteiger partial charge in [-0.1, -0.05) is 12.1 Å². The molecule has 0 unspecified atom stereocenters. The molecule has 0 fully saturated rings. The summed E-state index contributed by atoms with van der Waals surface area (Å²) in [6.45, 7) is 9.08. The third kappa shape index (κ3) is 9.88. The largest absolute Gasteiger partial charge is 0.504 e. The van der Waals surface area contributed by atoms with Crippen LogP contribution in [0.4, 0.5) is 13.2 Å². The standard InChI is InChI=1S/C10H11Br2FO2.C10H13FO2.C6H5FO2/c1-3-14-7-5-6(11)8(12)9(13)10(7)15-4-2;1-3-12-9-7-5-6-8(11)10(9)13-4-2;7-4-2-1-3-5(8)6(4)9/h5H,3-4H2,1-2H3;5-7H,3-4H2,1-2H3;1-3,8-9H. The number of hydrogen-bond acceptors (Lipinski definition) is 6. The molecule has 0 atom stereocenters. The SMILES string of the molecule is CCOc1cc(Br)c(Br)c(F)c1OCC.CCOc1cccc(F)c1OCC.Oc1cccc(F)c1O. The van der Waals surface area contributed by atoms with Crippen molar-refractivity contribution < 1.29 is 42.3 Å². The van der Waals surface area contributed by atoms with E-state index >= 15 is 0 Å². The summed E-state index contributed by atoms with van der Waals surface area (Å²) in [7, 11) is 0. The van der Waals surface area contributed by atoms with Gasteiger partial charge in [-0.15, -0.1) is 0 Å². The number of halogens is 5. The number of benzene rings is 3. The van der Waals surface area contributed by atoms with Crippen molar-refractivity contribution in [1.82, 2.24) is 0 Å². The molecule has 0 saturated heterocycles. The number of rotatable bonds is 8. The lowest BCUT2D eigenvalue weighted by Crippen LogP contribution is -2.01. The van der Waals surface area contributed by atoms with Crippen LogP contribution < -0.4 is 18.9 Å². The highest BCUT2D eigenvalue weighted by atomic mass is 79.9. The van der Waals surface area contributed by atoms with Crippen LogP contribution in [0, 0.1) is 17.5 Å². The minimum absolute atomic E-state index is 0.148. The number of aromatic hydroxyl groups is 2. The summed E-state index contributed by atoms with van der Waals surface area (Å²) in [6.07, 6.45) is 0. The molecule has 0 aliphatic heterocycles. The Morgan fingerprint density at radius 3 is 1.73 bits per heavy atom. The number of hydrogen-bond donors (Lipinski definition) is 2. The lowest BCUT2D eigenvalue weighted by molar-refractivity contribution is 0.275. The molecule has 3 aromatic rings. The Balaban J connectivity index is 0.000000286. The Bertz CT molecular complexity index is 1110. The van der Waals surface area contributed by atoms with E-state index in [-0.39, 0.29) is 17.3 Å². The fourth-order valence-electron chi connectivity index (χ4n) is 2.64. The van der Waals surface area contributed by atoms with Gasteiger partial charge in [0.05, 0.1) is 30.9 Å². The van der Waals surface area contributed by atoms with Crippen LogP contribution in [-0.4, -0.2) is 36.6 Å². The molecule has 0 heterocycles. The van der Waals surface area contributed by atoms with Gasteiger partial charge in [-0.3, -0.25) is 0 Å². The first-order valence-electron chi connectivity index (χ1n) is 11.3. The summed E-state index contributed by atoms with van der Waals surface area (Å²) in [6, 6.07) is 9.91. The highest BCUT2D eigenvalue weighted by Gasteiger charge is 2.17. The first kappa shape index (κ1) is 32.2. The summed E-state index contributed by atoms with van der Waals surface area (Å²) < 4.78 is 60.8. The van der Waals surface area contributed by atoms with Gasteiger partial charge >= 0.3 is 0 Å². The lowest BCUT2D eigenvalue weighted by Gasteiger charge is -2.13. The first-order chi connectivity index (χ1) is 17.6. The van der Waals surface area contributed by atoms with Crippen LogP contribution in [0.25, 0.3) is 0 Å². The highest BCUT2D eigenvalue weighted by Crippen LogP contribution is 2.40. The summed E-state index contributed by atoms with van der Waals surface area (Å²) in [5, 5.41) is 17.2. The fourth-order valence-corrected chi connectivity index (χ4v) is 3.32. The lowest BCUT2D eigenvalue weighted by atomic mass is 10.3. The molecule has 0 amide bonds. The third-order valence-electron chi connectivity index (χ3n) is 4.16. The first-order valence-corrected chi connectivity index (χ1v) is 12.8. The van der Waals surface area contributed by atoms with Crippen molar-refractivity contribution in [1.29, 1.82) is 0 Å². The van der Waals surface area contributed by atoms with E-state index in [4.69, 9.17) is 29.2 Å². The van der Waals surface area contributed by atoms with Gasteiger partial charge in [0.2, 0.25) is 0 Å². The van der Waals surface area contributed by atoms with Gasteiger partial charge in [0, 0.05) is 4.47 Å². The van der Waals surface area contributed by atoms with Gasteiger partial charge in [0.1, 0.15) is 0 Å². The summed E-state index contributed by atoms with van der Waals surface area (Å²) in [4.78, 5) is 0. The molecular formula is C26H29Br2F3O6. The molecular weight excluding hydrogens is 625 g/mol. The van der Waals surface area contributed by atoms with Crippen molar-refractivity contribution in [3.63, 3.8) is 0 Å². The highest BCUT2D eigenvalue weighted by molar-refractivity contribution is 9.13. The van der Waals surface area contributed by atoms with Crippen molar-refractivity contribution in [3.8, 4) is 34.5 Å². The summed E-state index contributed by atoms with van der Waals surface area (Å²) >= 11 is 6.36. The van der Waals surface area contributed by atoms with E-state index in [0.29, 0.717) is 46.9 Å². The second-order valence-electron chi connectivity index (χ2n) is 6.72. The number of phenolic OH excluding ortho intramolecular Hbond substituents is 2. The Morgan fingerprint density at radius 2 is 1.19 bits per heavy atom. The molecule has 0 bridgehead atoms. The quantitative estimate of drug-likeness (QED) is 0.189. The van der Waals surface area contributed by atoms with Crippen LogP contribution in [0.2, 0.25) is 0 Å². The van der Waals surface area contributed by atoms with Crippen LogP contribution in [0.3, 0.4) is 0 Å². The van der Waals surface area contributed by atoms with Crippen LogP contribution >= 0.6 is 31.9 Å². The Kier molecular flexibility index (Phi) is 14.7. The number of ether oxygens (including phenoxy) is 4. The molecule has 0 aliphatic carbocycles. The van der Waals surface area contributed by atoms with E-state index in [2.05, 4.69) is 31.9 Å². The van der Waals surface area contributed by atoms with Gasteiger partial charge in [-0.25, -0.2) is 13.2 Å². The normalized spacial score (nSPS) is 9.86. The van der Waals surface area contributed by atoms with Crippen LogP contribution in [0.1, 0.15) is 27.7 Å². The third-order valence-corrected chi connectivity index (χ3v) is 6.09. The van der Waals surface area contributed by atoms with E-state index in [1.807, 2.05) is 20.8 Å². The second-order valence-corrected chi connectivity index (χ2v) is 8.37. The van der Waals surface area contributed by atoms with Gasteiger partial charge < -0.3 is 29.2 Å². The molecule has 0 aromatic heterocycles. The number of phenols is 2. The van der Waals surface area contributed by atoms with Gasteiger partial charge in [-0.05, 0) is 89.9 Å². The summed E-state index contributed by atoms with van der Waals surface area (Å²) in [5.41, 5.74) is 0. The monoisotopic (exact) mass is 652 g/mol. The van der Waals surface area contributed by atoms with Crippen molar-refractivity contribution in [2.24, 2.45) is 0 Å². The zero-order chi connectivity index (χ0) is 28.0. The molecule has 37 heavy (non-hydrogen) atoms. The van der Waals surface area contributed by atoms with E-state index in [0.717, 1.165) is 6.07 Å². The molecule has 0 aliphatic rings. The minimum atomic E-state index is -0.810. The second kappa shape index (κ2) is 16.9. The summed E-state index contributed by atoms with van der Waals surface area (Å²) in [5.74, 6) is -1.55. The van der Waals surface area contributed by atoms with Gasteiger partial charge in [-0.2, -0.15) is 0 Å². The zero-order valence-corrected chi connectivity index (χ0v) is 24.0. The van der Waals surface area contributed by atoms with Crippen molar-refractivity contribution in [2.45, 2.75) is 27.7 Å². The predicted molar refractivity (Wildman–Crippen MR) is 143 cm³/mol. The Labute approximate surface area is 231 Å². The predicted octanol–water partition coefficient (Wildman–Crippen LogP) is 8.01. The topological polar surface area (TPSA) is 77.4 Å². The van der Waals surface area contributed by atoms with Crippen LogP contribution in [-0.2, 0) is 0 Å². The molecule has 2 N–H and O–H groups in total. The Morgan fingerprint density at radius 1 is 0.676 bits per heavy atom. The molecule has 0 radical (unpaired) electrons. The van der Waals surface area contributed by atoms with Crippen LogP contribution in [0.15, 0.2) is 51.4 Å². The minimum Gasteiger partial charge on any atom is -0.504 e. The van der Waals surface area contributed by atoms with E-state index in [9.17, 15) is 13.2 Å². The van der Waals surface area contributed by atoms with Crippen LogP contribution in [0.5, 0.6) is 34.5 Å². The van der Waals surface area contributed by atoms with Gasteiger partial charge in [0.15, 0.2) is 51.9 Å². The Hall–Kier alpha value is -2.79. The van der Waals surface area contributed by atoms with Crippen molar-refractivity contribution in [3.05, 3.63) is 68.9 Å². The smallest absolute Gasteiger partial charge is 0.198 e. The van der Waals surface area contributed by atoms with E-state index < -0.39 is 23.1 Å². The zero-order valence-electron chi connectivity index (χ0n) is 20.8. The van der Waals surface area contributed by atoms with E-state index in [1.165, 1.54) is 18.2 Å². The molecule has 3 rings (SSSR count). The molecule has 11 heteroatoms. The molecule has 6 nitrogen and oxygen atoms in total. The number of para-hydroxylation sites is 2. The van der Waals surface area contributed by atoms with Gasteiger partial charge in [0.25, 0.3) is 0 Å².